The van der Waals surface area contributed by atoms with E-state index in [1.807, 2.05) is 25.1 Å². The molecule has 0 amide bonds. The second kappa shape index (κ2) is 6.85. The van der Waals surface area contributed by atoms with Gasteiger partial charge in [0.2, 0.25) is 0 Å². The van der Waals surface area contributed by atoms with Crippen molar-refractivity contribution < 1.29 is 4.79 Å². The van der Waals surface area contributed by atoms with Crippen LogP contribution in [0.4, 0.5) is 0 Å². The predicted octanol–water partition coefficient (Wildman–Crippen LogP) is 4.00. The molecule has 0 spiro atoms. The Bertz CT molecular complexity index is 435. The molecular weight excluding hydrogens is 234 g/mol. The lowest BCUT2D eigenvalue weighted by Gasteiger charge is -2.31. The second-order valence-corrected chi connectivity index (χ2v) is 5.48. The number of hydrogen-bond acceptors (Lipinski definition) is 2. The minimum absolute atomic E-state index is 0.0630. The fourth-order valence-corrected chi connectivity index (χ4v) is 2.50. The molecule has 0 aliphatic rings. The summed E-state index contributed by atoms with van der Waals surface area (Å²) in [6, 6.07) is 6.40. The number of hydrogen-bond donors (Lipinski definition) is 0. The summed E-state index contributed by atoms with van der Waals surface area (Å²) in [4.78, 5) is 14.8. The van der Waals surface area contributed by atoms with Gasteiger partial charge in [0.05, 0.1) is 6.04 Å². The fourth-order valence-electron chi connectivity index (χ4n) is 2.50. The number of likely N-dealkylation sites (N-methyl/N-ethyl adjacent to an activating group) is 1. The Hall–Kier alpha value is -1.15. The van der Waals surface area contributed by atoms with Crippen LogP contribution in [0.15, 0.2) is 18.2 Å². The molecule has 0 saturated carbocycles. The van der Waals surface area contributed by atoms with Crippen LogP contribution in [-0.4, -0.2) is 29.8 Å². The largest absolute Gasteiger partial charge is 0.294 e. The van der Waals surface area contributed by atoms with Crippen molar-refractivity contribution in [1.29, 1.82) is 0 Å². The zero-order valence-electron chi connectivity index (χ0n) is 13.2. The summed E-state index contributed by atoms with van der Waals surface area (Å²) in [6.07, 6.45) is 2.16. The summed E-state index contributed by atoms with van der Waals surface area (Å²) in [5, 5.41) is 0. The quantitative estimate of drug-likeness (QED) is 0.722. The third-order valence-corrected chi connectivity index (χ3v) is 4.30. The molecule has 0 saturated heterocycles. The van der Waals surface area contributed by atoms with Crippen molar-refractivity contribution in [1.82, 2.24) is 4.90 Å². The van der Waals surface area contributed by atoms with Gasteiger partial charge in [-0.05, 0) is 57.9 Å². The number of carbonyl (C=O) groups is 1. The van der Waals surface area contributed by atoms with E-state index < -0.39 is 0 Å². The smallest absolute Gasteiger partial charge is 0.179 e. The molecule has 0 radical (unpaired) electrons. The number of nitrogens with zero attached hydrogens (tertiary/aromatic N) is 1. The molecular formula is C17H27NO. The van der Waals surface area contributed by atoms with E-state index in [1.165, 1.54) is 11.1 Å². The first-order valence-electron chi connectivity index (χ1n) is 7.25. The standard InChI is InChI=1S/C17H27NO/c1-7-16(8-2)18(6)14(5)17(19)15-10-9-12(3)13(4)11-15/h9-11,14,16H,7-8H2,1-6H3. The maximum Gasteiger partial charge on any atom is 0.179 e. The molecule has 0 heterocycles. The maximum atomic E-state index is 12.5. The van der Waals surface area contributed by atoms with Crippen LogP contribution in [0.25, 0.3) is 0 Å². The van der Waals surface area contributed by atoms with Gasteiger partial charge in [-0.3, -0.25) is 9.69 Å². The van der Waals surface area contributed by atoms with Crippen LogP contribution in [0, 0.1) is 13.8 Å². The van der Waals surface area contributed by atoms with Crippen molar-refractivity contribution in [2.24, 2.45) is 0 Å². The van der Waals surface area contributed by atoms with Gasteiger partial charge >= 0.3 is 0 Å². The molecule has 0 aliphatic heterocycles. The van der Waals surface area contributed by atoms with Gasteiger partial charge in [-0.15, -0.1) is 0 Å². The number of aryl methyl sites for hydroxylation is 2. The normalized spacial score (nSPS) is 13.1. The first-order valence-corrected chi connectivity index (χ1v) is 7.25. The number of carbonyl (C=O) groups excluding carboxylic acids is 1. The van der Waals surface area contributed by atoms with Gasteiger partial charge in [0.25, 0.3) is 0 Å². The Morgan fingerprint density at radius 3 is 2.21 bits per heavy atom. The Kier molecular flexibility index (Phi) is 5.74. The van der Waals surface area contributed by atoms with Crippen LogP contribution in [0.1, 0.15) is 55.1 Å². The molecule has 2 nitrogen and oxygen atoms in total. The van der Waals surface area contributed by atoms with Crippen molar-refractivity contribution in [2.45, 2.75) is 59.5 Å². The lowest BCUT2D eigenvalue weighted by atomic mass is 9.98. The average Bonchev–Trinajstić information content (AvgIpc) is 2.41. The number of ketones is 1. The van der Waals surface area contributed by atoms with Crippen molar-refractivity contribution >= 4 is 5.78 Å². The molecule has 1 atom stereocenters. The van der Waals surface area contributed by atoms with Crippen molar-refractivity contribution in [2.75, 3.05) is 7.05 Å². The van der Waals surface area contributed by atoms with Gasteiger partial charge < -0.3 is 0 Å². The highest BCUT2D eigenvalue weighted by Crippen LogP contribution is 2.16. The van der Waals surface area contributed by atoms with Gasteiger partial charge in [0.1, 0.15) is 0 Å². The lowest BCUT2D eigenvalue weighted by Crippen LogP contribution is -2.42. The molecule has 0 fully saturated rings. The van der Waals surface area contributed by atoms with Crippen LogP contribution in [0.5, 0.6) is 0 Å². The maximum absolute atomic E-state index is 12.5. The SMILES string of the molecule is CCC(CC)N(C)C(C)C(=O)c1ccc(C)c(C)c1. The van der Waals surface area contributed by atoms with E-state index in [1.54, 1.807) is 0 Å². The average molecular weight is 261 g/mol. The Morgan fingerprint density at radius 1 is 1.16 bits per heavy atom. The van der Waals surface area contributed by atoms with Gasteiger partial charge in [0, 0.05) is 11.6 Å². The molecule has 0 bridgehead atoms. The number of benzene rings is 1. The minimum atomic E-state index is -0.0630. The second-order valence-electron chi connectivity index (χ2n) is 5.48. The highest BCUT2D eigenvalue weighted by molar-refractivity contribution is 6.00. The number of rotatable bonds is 6. The predicted molar refractivity (Wildman–Crippen MR) is 81.8 cm³/mol. The van der Waals surface area contributed by atoms with Crippen LogP contribution in [0.3, 0.4) is 0 Å². The Labute approximate surface area is 117 Å². The molecule has 19 heavy (non-hydrogen) atoms. The third kappa shape index (κ3) is 3.66. The van der Waals surface area contributed by atoms with Crippen LogP contribution in [0.2, 0.25) is 0 Å². The van der Waals surface area contributed by atoms with Crippen LogP contribution >= 0.6 is 0 Å². The third-order valence-electron chi connectivity index (χ3n) is 4.30. The van der Waals surface area contributed by atoms with E-state index in [-0.39, 0.29) is 11.8 Å². The van der Waals surface area contributed by atoms with Crippen molar-refractivity contribution in [3.05, 3.63) is 34.9 Å². The van der Waals surface area contributed by atoms with Gasteiger partial charge in [0.15, 0.2) is 5.78 Å². The highest BCUT2D eigenvalue weighted by Gasteiger charge is 2.23. The molecule has 1 unspecified atom stereocenters. The van der Waals surface area contributed by atoms with E-state index in [0.29, 0.717) is 6.04 Å². The monoisotopic (exact) mass is 261 g/mol. The first-order chi connectivity index (χ1) is 8.92. The van der Waals surface area contributed by atoms with E-state index >= 15 is 0 Å². The summed E-state index contributed by atoms with van der Waals surface area (Å²) in [6.45, 7) is 10.5. The molecule has 1 aromatic rings. The minimum Gasteiger partial charge on any atom is -0.294 e. The summed E-state index contributed by atoms with van der Waals surface area (Å²) in [7, 11) is 2.06. The van der Waals surface area contributed by atoms with Crippen molar-refractivity contribution in [3.8, 4) is 0 Å². The number of Topliss-reactive ketones (excluding diaryl/α,β-unsaturated/α-hetero) is 1. The fraction of sp³-hybridized carbons (Fsp3) is 0.588. The van der Waals surface area contributed by atoms with Crippen LogP contribution in [-0.2, 0) is 0 Å². The van der Waals surface area contributed by atoms with Gasteiger partial charge in [-0.1, -0.05) is 26.0 Å². The topological polar surface area (TPSA) is 20.3 Å². The zero-order valence-corrected chi connectivity index (χ0v) is 13.2. The van der Waals surface area contributed by atoms with E-state index in [9.17, 15) is 4.79 Å². The molecule has 0 aromatic heterocycles. The van der Waals surface area contributed by atoms with Crippen molar-refractivity contribution in [3.63, 3.8) is 0 Å². The Balaban J connectivity index is 2.89. The molecule has 106 valence electrons. The molecule has 1 aromatic carbocycles. The zero-order chi connectivity index (χ0) is 14.6. The van der Waals surface area contributed by atoms with E-state index in [0.717, 1.165) is 18.4 Å². The van der Waals surface area contributed by atoms with Gasteiger partial charge in [-0.25, -0.2) is 0 Å². The summed E-state index contributed by atoms with van der Waals surface area (Å²) in [5.74, 6) is 0.220. The lowest BCUT2D eigenvalue weighted by molar-refractivity contribution is 0.0808. The molecule has 0 aliphatic carbocycles. The van der Waals surface area contributed by atoms with Gasteiger partial charge in [-0.2, -0.15) is 0 Å². The Morgan fingerprint density at radius 2 is 1.74 bits per heavy atom. The summed E-state index contributed by atoms with van der Waals surface area (Å²) in [5.41, 5.74) is 3.24. The summed E-state index contributed by atoms with van der Waals surface area (Å²) < 4.78 is 0. The highest BCUT2D eigenvalue weighted by atomic mass is 16.1. The summed E-state index contributed by atoms with van der Waals surface area (Å²) >= 11 is 0. The van der Waals surface area contributed by atoms with E-state index in [4.69, 9.17) is 0 Å². The van der Waals surface area contributed by atoms with Crippen LogP contribution < -0.4 is 0 Å². The molecule has 2 heteroatoms. The molecule has 1 rings (SSSR count). The molecule has 0 N–H and O–H groups in total. The van der Waals surface area contributed by atoms with E-state index in [2.05, 4.69) is 39.6 Å². The first kappa shape index (κ1) is 15.9.